The predicted molar refractivity (Wildman–Crippen MR) is 81.5 cm³/mol. The first-order valence-electron chi connectivity index (χ1n) is 6.55. The van der Waals surface area contributed by atoms with Crippen LogP contribution in [0.3, 0.4) is 0 Å². The molecule has 1 aromatic carbocycles. The number of hydrogen-bond donors (Lipinski definition) is 0. The molecule has 1 rings (SSSR count). The largest absolute Gasteiger partial charge is 0.494 e. The van der Waals surface area contributed by atoms with E-state index in [0.717, 1.165) is 49.4 Å². The zero-order chi connectivity index (χ0) is 13.9. The Hall–Kier alpha value is -1.40. The number of benzene rings is 1. The lowest BCUT2D eigenvalue weighted by molar-refractivity contribution is -0.109. The van der Waals surface area contributed by atoms with Gasteiger partial charge in [-0.15, -0.1) is 6.42 Å². The van der Waals surface area contributed by atoms with Crippen LogP contribution in [0.15, 0.2) is 24.3 Å². The Bertz CT molecular complexity index is 417. The van der Waals surface area contributed by atoms with E-state index in [2.05, 4.69) is 5.92 Å². The van der Waals surface area contributed by atoms with Crippen molar-refractivity contribution in [2.45, 2.75) is 32.6 Å². The summed E-state index contributed by atoms with van der Waals surface area (Å²) in [6, 6.07) is 7.57. The molecule has 2 nitrogen and oxygen atoms in total. The molecule has 19 heavy (non-hydrogen) atoms. The first-order valence-corrected chi connectivity index (χ1v) is 7.54. The van der Waals surface area contributed by atoms with E-state index in [1.807, 2.05) is 24.3 Å². The minimum Gasteiger partial charge on any atom is -0.494 e. The number of carbonyl (C=O) groups is 1. The maximum absolute atomic E-state index is 10.7. The van der Waals surface area contributed by atoms with E-state index in [9.17, 15) is 4.79 Å². The molecule has 0 spiro atoms. The first kappa shape index (κ1) is 15.7. The number of hydrogen-bond acceptors (Lipinski definition) is 3. The zero-order valence-electron chi connectivity index (χ0n) is 11.4. The van der Waals surface area contributed by atoms with Gasteiger partial charge in [-0.05, 0) is 37.1 Å². The number of ether oxygens (including phenoxy) is 1. The van der Waals surface area contributed by atoms with Crippen LogP contribution < -0.4 is 4.74 Å². The average Bonchev–Trinajstić information content (AvgIpc) is 2.42. The summed E-state index contributed by atoms with van der Waals surface area (Å²) in [4.78, 5) is 10.7. The molecular weight excluding hydrogens is 256 g/mol. The summed E-state index contributed by atoms with van der Waals surface area (Å²) < 4.78 is 5.62. The van der Waals surface area contributed by atoms with Gasteiger partial charge >= 0.3 is 0 Å². The number of rotatable bonds is 8. The smallest absolute Gasteiger partial charge is 0.185 e. The lowest BCUT2D eigenvalue weighted by Gasteiger charge is -2.06. The van der Waals surface area contributed by atoms with Gasteiger partial charge < -0.3 is 4.74 Å². The van der Waals surface area contributed by atoms with Crippen LogP contribution in [0.4, 0.5) is 0 Å². The average molecular weight is 276 g/mol. The molecule has 0 radical (unpaired) electrons. The van der Waals surface area contributed by atoms with Crippen molar-refractivity contribution >= 4 is 16.9 Å². The second-order valence-corrected chi connectivity index (χ2v) is 5.54. The summed E-state index contributed by atoms with van der Waals surface area (Å²) in [6.07, 6.45) is 9.72. The van der Waals surface area contributed by atoms with Crippen molar-refractivity contribution in [3.05, 3.63) is 29.8 Å². The van der Waals surface area contributed by atoms with Crippen LogP contribution in [0.1, 0.15) is 38.2 Å². The van der Waals surface area contributed by atoms with Crippen LogP contribution in [0.25, 0.3) is 0 Å². The van der Waals surface area contributed by atoms with E-state index in [4.69, 9.17) is 11.2 Å². The third kappa shape index (κ3) is 7.58. The van der Waals surface area contributed by atoms with Crippen molar-refractivity contribution in [3.63, 3.8) is 0 Å². The van der Waals surface area contributed by atoms with Crippen LogP contribution in [0, 0.1) is 12.3 Å². The number of carbonyl (C=O) groups excluding carboxylic acids is 1. The SMILES string of the molecule is C#Cc1ccc(OCCCCCCSC(C)=O)cc1. The fraction of sp³-hybridized carbons (Fsp3) is 0.438. The van der Waals surface area contributed by atoms with Crippen molar-refractivity contribution in [3.8, 4) is 18.1 Å². The fourth-order valence-electron chi connectivity index (χ4n) is 1.61. The highest BCUT2D eigenvalue weighted by Crippen LogP contribution is 2.13. The monoisotopic (exact) mass is 276 g/mol. The number of thioether (sulfide) groups is 1. The highest BCUT2D eigenvalue weighted by atomic mass is 32.2. The highest BCUT2D eigenvalue weighted by molar-refractivity contribution is 8.13. The van der Waals surface area contributed by atoms with Crippen molar-refractivity contribution in [2.75, 3.05) is 12.4 Å². The zero-order valence-corrected chi connectivity index (χ0v) is 12.2. The Morgan fingerprint density at radius 3 is 2.53 bits per heavy atom. The van der Waals surface area contributed by atoms with Crippen LogP contribution >= 0.6 is 11.8 Å². The minimum atomic E-state index is 0.207. The van der Waals surface area contributed by atoms with Gasteiger partial charge in [0.2, 0.25) is 0 Å². The Morgan fingerprint density at radius 2 is 1.89 bits per heavy atom. The molecule has 102 valence electrons. The van der Waals surface area contributed by atoms with Gasteiger partial charge in [-0.2, -0.15) is 0 Å². The van der Waals surface area contributed by atoms with Crippen molar-refractivity contribution in [2.24, 2.45) is 0 Å². The van der Waals surface area contributed by atoms with E-state index in [-0.39, 0.29) is 5.12 Å². The molecule has 0 aromatic heterocycles. The van der Waals surface area contributed by atoms with E-state index in [1.165, 1.54) is 11.8 Å². The molecule has 0 atom stereocenters. The second kappa shape index (κ2) is 9.52. The van der Waals surface area contributed by atoms with Gasteiger partial charge in [-0.25, -0.2) is 0 Å². The summed E-state index contributed by atoms with van der Waals surface area (Å²) in [6.45, 7) is 2.35. The quantitative estimate of drug-likeness (QED) is 0.532. The van der Waals surface area contributed by atoms with Gasteiger partial charge in [-0.1, -0.05) is 30.5 Å². The molecule has 0 aliphatic carbocycles. The van der Waals surface area contributed by atoms with Gasteiger partial charge in [0.05, 0.1) is 6.61 Å². The summed E-state index contributed by atoms with van der Waals surface area (Å²) in [5, 5.41) is 0.207. The number of unbranched alkanes of at least 4 members (excludes halogenated alkanes) is 3. The molecule has 1 aromatic rings. The standard InChI is InChI=1S/C16H20O2S/c1-3-15-8-10-16(11-9-15)18-12-6-4-5-7-13-19-14(2)17/h1,8-11H,4-7,12-13H2,2H3. The Morgan fingerprint density at radius 1 is 1.21 bits per heavy atom. The van der Waals surface area contributed by atoms with E-state index in [0.29, 0.717) is 0 Å². The Labute approximate surface area is 119 Å². The summed E-state index contributed by atoms with van der Waals surface area (Å²) in [7, 11) is 0. The third-order valence-corrected chi connectivity index (χ3v) is 3.53. The van der Waals surface area contributed by atoms with Crippen LogP contribution in [-0.2, 0) is 4.79 Å². The predicted octanol–water partition coefficient (Wildman–Crippen LogP) is 3.89. The third-order valence-electron chi connectivity index (χ3n) is 2.63. The Kier molecular flexibility index (Phi) is 7.84. The molecule has 0 aliphatic heterocycles. The van der Waals surface area contributed by atoms with Gasteiger partial charge in [0.1, 0.15) is 5.75 Å². The van der Waals surface area contributed by atoms with Crippen LogP contribution in [0.5, 0.6) is 5.75 Å². The number of terminal acetylenes is 1. The van der Waals surface area contributed by atoms with E-state index < -0.39 is 0 Å². The maximum atomic E-state index is 10.7. The first-order chi connectivity index (χ1) is 9.22. The molecule has 0 aliphatic rings. The summed E-state index contributed by atoms with van der Waals surface area (Å²) >= 11 is 1.41. The molecule has 0 saturated heterocycles. The molecule has 0 saturated carbocycles. The van der Waals surface area contributed by atoms with Crippen LogP contribution in [-0.4, -0.2) is 17.5 Å². The van der Waals surface area contributed by atoms with Crippen molar-refractivity contribution < 1.29 is 9.53 Å². The minimum absolute atomic E-state index is 0.207. The van der Waals surface area contributed by atoms with E-state index in [1.54, 1.807) is 6.92 Å². The van der Waals surface area contributed by atoms with Gasteiger partial charge in [0.25, 0.3) is 0 Å². The summed E-state index contributed by atoms with van der Waals surface area (Å²) in [5.41, 5.74) is 0.871. The van der Waals surface area contributed by atoms with Gasteiger partial charge in [0.15, 0.2) is 5.12 Å². The topological polar surface area (TPSA) is 26.3 Å². The second-order valence-electron chi connectivity index (χ2n) is 4.27. The molecule has 0 bridgehead atoms. The van der Waals surface area contributed by atoms with E-state index >= 15 is 0 Å². The Balaban J connectivity index is 2.01. The van der Waals surface area contributed by atoms with Crippen LogP contribution in [0.2, 0.25) is 0 Å². The normalized spacial score (nSPS) is 9.89. The maximum Gasteiger partial charge on any atom is 0.185 e. The molecule has 0 amide bonds. The highest BCUT2D eigenvalue weighted by Gasteiger charge is 1.96. The van der Waals surface area contributed by atoms with Gasteiger partial charge in [0, 0.05) is 18.2 Å². The fourth-order valence-corrected chi connectivity index (χ4v) is 2.25. The molecule has 3 heteroatoms. The summed E-state index contributed by atoms with van der Waals surface area (Å²) in [5.74, 6) is 4.38. The lowest BCUT2D eigenvalue weighted by Crippen LogP contribution is -1.97. The van der Waals surface area contributed by atoms with Gasteiger partial charge in [-0.3, -0.25) is 4.79 Å². The van der Waals surface area contributed by atoms with Crippen molar-refractivity contribution in [1.29, 1.82) is 0 Å². The van der Waals surface area contributed by atoms with Crippen molar-refractivity contribution in [1.82, 2.24) is 0 Å². The molecular formula is C16H20O2S. The molecule has 0 N–H and O–H groups in total. The lowest BCUT2D eigenvalue weighted by atomic mass is 10.2. The molecule has 0 heterocycles. The molecule has 0 unspecified atom stereocenters. The molecule has 0 fully saturated rings.